The quantitative estimate of drug-likeness (QED) is 0.0906. The second-order valence-electron chi connectivity index (χ2n) is 16.2. The van der Waals surface area contributed by atoms with E-state index in [4.69, 9.17) is 28.9 Å². The molecule has 4 aromatic carbocycles. The fourth-order valence-corrected chi connectivity index (χ4v) is 8.67. The molecular weight excluding hydrogens is 781 g/mol. The number of nitrogens with zero attached hydrogens (tertiary/aromatic N) is 6. The van der Waals surface area contributed by atoms with Crippen LogP contribution in [0.2, 0.25) is 0 Å². The topological polar surface area (TPSA) is 110 Å². The Hall–Kier alpha value is -6.24. The van der Waals surface area contributed by atoms with Crippen molar-refractivity contribution >= 4 is 45.1 Å². The summed E-state index contributed by atoms with van der Waals surface area (Å²) in [6.07, 6.45) is 0. The number of aromatic nitrogens is 2. The molecule has 322 valence electrons. The first-order valence-corrected chi connectivity index (χ1v) is 21.6. The van der Waals surface area contributed by atoms with Gasteiger partial charge in [-0.3, -0.25) is 0 Å². The van der Waals surface area contributed by atoms with Gasteiger partial charge in [0.25, 0.3) is 0 Å². The Morgan fingerprint density at radius 2 is 0.887 bits per heavy atom. The molecule has 2 aromatic heterocycles. The van der Waals surface area contributed by atoms with Crippen molar-refractivity contribution in [3.05, 3.63) is 132 Å². The maximum atomic E-state index is 14.6. The second-order valence-corrected chi connectivity index (χ2v) is 16.2. The average Bonchev–Trinajstić information content (AvgIpc) is 3.33. The fourth-order valence-electron chi connectivity index (χ4n) is 8.67. The summed E-state index contributed by atoms with van der Waals surface area (Å²) < 4.78 is 23.9. The molecule has 12 nitrogen and oxygen atoms in total. The van der Waals surface area contributed by atoms with Crippen molar-refractivity contribution in [2.24, 2.45) is 0 Å². The van der Waals surface area contributed by atoms with E-state index in [1.54, 1.807) is 52.3 Å². The van der Waals surface area contributed by atoms with Crippen molar-refractivity contribution in [3.63, 3.8) is 0 Å². The lowest BCUT2D eigenvalue weighted by atomic mass is 9.90. The fraction of sp³-hybridized carbons (Fsp3) is 0.360. The number of anilines is 2. The molecule has 0 amide bonds. The van der Waals surface area contributed by atoms with E-state index < -0.39 is 23.1 Å². The van der Waals surface area contributed by atoms with E-state index in [2.05, 4.69) is 45.6 Å². The normalized spacial score (nSPS) is 17.0. The molecule has 6 aromatic rings. The molecule has 12 heteroatoms. The number of carbonyl (C=O) groups excluding carboxylic acids is 2. The molecule has 2 unspecified atom stereocenters. The minimum absolute atomic E-state index is 0.470. The Bertz CT molecular complexity index is 2360. The number of likely N-dealkylation sites (N-methyl/N-ethyl adjacent to an activating group) is 2. The monoisotopic (exact) mass is 836 g/mol. The molecule has 0 N–H and O–H groups in total. The summed E-state index contributed by atoms with van der Waals surface area (Å²) in [5, 5.41) is 3.86. The SMILES string of the molecule is CCN1CCN(c2nc(C(C)(OC(=O)C(=O)OC(C)(c3ccc(OC)cc3)c3cc4ccccc4c(N4CCN(CC)CC4)n3)c3ccc(OC)cc3)cc3ccccc23)CC1. The molecule has 4 heterocycles. The van der Waals surface area contributed by atoms with Crippen LogP contribution in [0.25, 0.3) is 21.5 Å². The zero-order chi connectivity index (χ0) is 43.4. The zero-order valence-corrected chi connectivity index (χ0v) is 36.6. The summed E-state index contributed by atoms with van der Waals surface area (Å²) in [7, 11) is 3.19. The lowest BCUT2D eigenvalue weighted by Gasteiger charge is -2.37. The Balaban J connectivity index is 1.19. The lowest BCUT2D eigenvalue weighted by molar-refractivity contribution is -0.181. The number of carbonyl (C=O) groups is 2. The maximum absolute atomic E-state index is 14.6. The van der Waals surface area contributed by atoms with Crippen molar-refractivity contribution in [1.29, 1.82) is 0 Å². The van der Waals surface area contributed by atoms with Crippen LogP contribution in [-0.4, -0.2) is 111 Å². The molecule has 62 heavy (non-hydrogen) atoms. The largest absolute Gasteiger partial charge is 0.497 e. The number of methoxy groups -OCH3 is 2. The van der Waals surface area contributed by atoms with Crippen LogP contribution < -0.4 is 19.3 Å². The van der Waals surface area contributed by atoms with Gasteiger partial charge in [0.15, 0.2) is 11.2 Å². The molecule has 0 aliphatic carbocycles. The van der Waals surface area contributed by atoms with E-state index in [9.17, 15) is 9.59 Å². The molecule has 2 aliphatic heterocycles. The van der Waals surface area contributed by atoms with Gasteiger partial charge in [-0.15, -0.1) is 0 Å². The maximum Gasteiger partial charge on any atom is 0.418 e. The van der Waals surface area contributed by atoms with E-state index in [0.717, 1.165) is 98.6 Å². The number of fused-ring (bicyclic) bond motifs is 2. The average molecular weight is 837 g/mol. The van der Waals surface area contributed by atoms with Gasteiger partial charge in [-0.05, 0) is 74.1 Å². The van der Waals surface area contributed by atoms with E-state index in [1.807, 2.05) is 72.8 Å². The molecule has 2 atom stereocenters. The van der Waals surface area contributed by atoms with Crippen LogP contribution in [0.15, 0.2) is 109 Å². The Kier molecular flexibility index (Phi) is 12.3. The number of hydrogen-bond acceptors (Lipinski definition) is 12. The summed E-state index contributed by atoms with van der Waals surface area (Å²) in [4.78, 5) is 49.1. The summed E-state index contributed by atoms with van der Waals surface area (Å²) in [6.45, 7) is 16.7. The Labute approximate surface area is 364 Å². The number of piperazine rings is 2. The first kappa shape index (κ1) is 42.5. The third-order valence-corrected chi connectivity index (χ3v) is 12.7. The van der Waals surface area contributed by atoms with Gasteiger partial charge in [-0.1, -0.05) is 86.6 Å². The van der Waals surface area contributed by atoms with Gasteiger partial charge in [-0.25, -0.2) is 19.6 Å². The predicted octanol–water partition coefficient (Wildman–Crippen LogP) is 7.40. The molecule has 0 bridgehead atoms. The van der Waals surface area contributed by atoms with Crippen molar-refractivity contribution in [3.8, 4) is 11.5 Å². The van der Waals surface area contributed by atoms with Crippen LogP contribution in [0.4, 0.5) is 11.6 Å². The van der Waals surface area contributed by atoms with Crippen LogP contribution in [0, 0.1) is 0 Å². The molecule has 8 rings (SSSR count). The zero-order valence-electron chi connectivity index (χ0n) is 36.6. The number of hydrogen-bond donors (Lipinski definition) is 0. The van der Waals surface area contributed by atoms with Crippen LogP contribution >= 0.6 is 0 Å². The van der Waals surface area contributed by atoms with Gasteiger partial charge in [0.1, 0.15) is 23.1 Å². The third-order valence-electron chi connectivity index (χ3n) is 12.7. The first-order chi connectivity index (χ1) is 30.1. The number of rotatable bonds is 12. The number of benzene rings is 4. The summed E-state index contributed by atoms with van der Waals surface area (Å²) in [6, 6.07) is 34.6. The highest BCUT2D eigenvalue weighted by Gasteiger charge is 2.43. The van der Waals surface area contributed by atoms with E-state index in [1.165, 1.54) is 0 Å². The highest BCUT2D eigenvalue weighted by Crippen LogP contribution is 2.40. The minimum atomic E-state index is -1.53. The van der Waals surface area contributed by atoms with Gasteiger partial charge in [-0.2, -0.15) is 0 Å². The summed E-state index contributed by atoms with van der Waals surface area (Å²) in [5.74, 6) is 0.517. The molecule has 0 spiro atoms. The Morgan fingerprint density at radius 3 is 1.23 bits per heavy atom. The first-order valence-electron chi connectivity index (χ1n) is 21.6. The molecule has 2 saturated heterocycles. The van der Waals surface area contributed by atoms with Gasteiger partial charge < -0.3 is 38.5 Å². The summed E-state index contributed by atoms with van der Waals surface area (Å²) in [5.41, 5.74) is -0.915. The van der Waals surface area contributed by atoms with Gasteiger partial charge >= 0.3 is 11.9 Å². The van der Waals surface area contributed by atoms with Crippen LogP contribution in [-0.2, 0) is 30.3 Å². The minimum Gasteiger partial charge on any atom is -0.497 e. The molecule has 2 fully saturated rings. The predicted molar refractivity (Wildman–Crippen MR) is 243 cm³/mol. The van der Waals surface area contributed by atoms with Gasteiger partial charge in [0.2, 0.25) is 0 Å². The van der Waals surface area contributed by atoms with E-state index in [-0.39, 0.29) is 0 Å². The molecule has 0 radical (unpaired) electrons. The molecule has 0 saturated carbocycles. The van der Waals surface area contributed by atoms with Gasteiger partial charge in [0, 0.05) is 74.3 Å². The van der Waals surface area contributed by atoms with Crippen LogP contribution in [0.3, 0.4) is 0 Å². The van der Waals surface area contributed by atoms with E-state index >= 15 is 0 Å². The van der Waals surface area contributed by atoms with Gasteiger partial charge in [0.05, 0.1) is 25.6 Å². The van der Waals surface area contributed by atoms with Crippen molar-refractivity contribution < 1.29 is 28.5 Å². The second kappa shape index (κ2) is 18.0. The lowest BCUT2D eigenvalue weighted by Crippen LogP contribution is -2.47. The van der Waals surface area contributed by atoms with Crippen LogP contribution in [0.1, 0.15) is 50.2 Å². The summed E-state index contributed by atoms with van der Waals surface area (Å²) >= 11 is 0. The van der Waals surface area contributed by atoms with Crippen molar-refractivity contribution in [2.45, 2.75) is 38.9 Å². The molecule has 2 aliphatic rings. The molecular formula is C50H56N6O6. The highest BCUT2D eigenvalue weighted by atomic mass is 16.6. The van der Waals surface area contributed by atoms with Crippen molar-refractivity contribution in [1.82, 2.24) is 19.8 Å². The number of esters is 2. The smallest absolute Gasteiger partial charge is 0.418 e. The Morgan fingerprint density at radius 1 is 0.532 bits per heavy atom. The van der Waals surface area contributed by atoms with E-state index in [0.29, 0.717) is 34.0 Å². The standard InChI is InChI=1S/C50H56N6O6/c1-7-53-25-29-55(30-26-53)45-41-15-11-9-13-35(41)33-43(51-45)49(3,37-17-21-39(59-5)22-18-37)61-47(57)48(58)62-50(4,38-19-23-40(60-6)24-20-38)44-34-36-14-10-12-16-42(36)46(52-44)56-31-27-54(8-2)28-32-56/h9-24,33-34H,7-8,25-32H2,1-6H3. The highest BCUT2D eigenvalue weighted by molar-refractivity contribution is 6.30. The number of ether oxygens (including phenoxy) is 4. The van der Waals surface area contributed by atoms with Crippen LogP contribution in [0.5, 0.6) is 11.5 Å². The van der Waals surface area contributed by atoms with Crippen molar-refractivity contribution in [2.75, 3.05) is 89.5 Å². The third kappa shape index (κ3) is 8.36. The number of pyridine rings is 2.